The van der Waals surface area contributed by atoms with Crippen molar-refractivity contribution in [2.75, 3.05) is 0 Å². The Morgan fingerprint density at radius 3 is 2.60 bits per heavy atom. The first kappa shape index (κ1) is 10.4. The third kappa shape index (κ3) is 2.69. The van der Waals surface area contributed by atoms with Gasteiger partial charge in [0.2, 0.25) is 0 Å². The summed E-state index contributed by atoms with van der Waals surface area (Å²) in [6, 6.07) is 7.02. The van der Waals surface area contributed by atoms with E-state index in [1.54, 1.807) is 12.1 Å². The van der Waals surface area contributed by atoms with Crippen LogP contribution < -0.4 is 5.32 Å². The first-order chi connectivity index (χ1) is 7.25. The molecule has 0 aromatic heterocycles. The second-order valence-electron chi connectivity index (χ2n) is 4.10. The molecule has 1 fully saturated rings. The summed E-state index contributed by atoms with van der Waals surface area (Å²) in [6.45, 7) is 0.672. The SMILES string of the molecule is Oc1ccc(CNC2CCCC2F)cc1. The van der Waals surface area contributed by atoms with E-state index in [9.17, 15) is 4.39 Å². The Labute approximate surface area is 89.1 Å². The number of phenolic OH excluding ortho intramolecular Hbond substituents is 1. The van der Waals surface area contributed by atoms with Gasteiger partial charge in [0.15, 0.2) is 0 Å². The van der Waals surface area contributed by atoms with Crippen LogP contribution in [-0.2, 0) is 6.54 Å². The molecule has 0 saturated heterocycles. The fraction of sp³-hybridized carbons (Fsp3) is 0.500. The molecule has 1 aliphatic carbocycles. The Bertz CT molecular complexity index is 312. The number of hydrogen-bond acceptors (Lipinski definition) is 2. The van der Waals surface area contributed by atoms with Crippen molar-refractivity contribution >= 4 is 0 Å². The second kappa shape index (κ2) is 4.62. The minimum absolute atomic E-state index is 0.0128. The molecule has 0 radical (unpaired) electrons. The van der Waals surface area contributed by atoms with Crippen LogP contribution in [0.1, 0.15) is 24.8 Å². The molecule has 1 saturated carbocycles. The van der Waals surface area contributed by atoms with Crippen LogP contribution in [0.4, 0.5) is 4.39 Å². The maximum atomic E-state index is 13.3. The number of rotatable bonds is 3. The Morgan fingerprint density at radius 2 is 2.00 bits per heavy atom. The van der Waals surface area contributed by atoms with Gasteiger partial charge >= 0.3 is 0 Å². The lowest BCUT2D eigenvalue weighted by molar-refractivity contribution is 0.279. The van der Waals surface area contributed by atoms with Crippen molar-refractivity contribution < 1.29 is 9.50 Å². The molecule has 15 heavy (non-hydrogen) atoms. The lowest BCUT2D eigenvalue weighted by atomic mass is 10.2. The molecule has 0 bridgehead atoms. The largest absolute Gasteiger partial charge is 0.508 e. The van der Waals surface area contributed by atoms with Crippen molar-refractivity contribution in [3.63, 3.8) is 0 Å². The summed E-state index contributed by atoms with van der Waals surface area (Å²) in [7, 11) is 0. The van der Waals surface area contributed by atoms with Crippen molar-refractivity contribution in [3.8, 4) is 5.75 Å². The first-order valence-corrected chi connectivity index (χ1v) is 5.41. The lowest BCUT2D eigenvalue weighted by Crippen LogP contribution is -2.32. The van der Waals surface area contributed by atoms with E-state index >= 15 is 0 Å². The van der Waals surface area contributed by atoms with Gasteiger partial charge in [-0.15, -0.1) is 0 Å². The third-order valence-electron chi connectivity index (χ3n) is 2.94. The first-order valence-electron chi connectivity index (χ1n) is 5.41. The van der Waals surface area contributed by atoms with Crippen molar-refractivity contribution in [2.45, 2.75) is 38.0 Å². The Hall–Kier alpha value is -1.09. The normalized spacial score (nSPS) is 25.7. The average molecular weight is 209 g/mol. The molecular formula is C12H16FNO. The van der Waals surface area contributed by atoms with E-state index in [4.69, 9.17) is 5.11 Å². The molecule has 2 rings (SSSR count). The fourth-order valence-electron chi connectivity index (χ4n) is 2.01. The zero-order chi connectivity index (χ0) is 10.7. The molecule has 2 nitrogen and oxygen atoms in total. The smallest absolute Gasteiger partial charge is 0.115 e. The second-order valence-corrected chi connectivity index (χ2v) is 4.10. The van der Waals surface area contributed by atoms with Crippen LogP contribution in [0.25, 0.3) is 0 Å². The van der Waals surface area contributed by atoms with E-state index < -0.39 is 6.17 Å². The summed E-state index contributed by atoms with van der Waals surface area (Å²) in [4.78, 5) is 0. The van der Waals surface area contributed by atoms with Gasteiger partial charge in [-0.25, -0.2) is 4.39 Å². The van der Waals surface area contributed by atoms with Crippen LogP contribution in [0.15, 0.2) is 24.3 Å². The number of hydrogen-bond donors (Lipinski definition) is 2. The zero-order valence-electron chi connectivity index (χ0n) is 8.62. The number of phenols is 1. The van der Waals surface area contributed by atoms with Gasteiger partial charge in [0.1, 0.15) is 11.9 Å². The number of halogens is 1. The quantitative estimate of drug-likeness (QED) is 0.801. The van der Waals surface area contributed by atoms with E-state index in [-0.39, 0.29) is 11.8 Å². The Kier molecular flexibility index (Phi) is 3.21. The topological polar surface area (TPSA) is 32.3 Å². The zero-order valence-corrected chi connectivity index (χ0v) is 8.62. The summed E-state index contributed by atoms with van der Waals surface area (Å²) < 4.78 is 13.3. The highest BCUT2D eigenvalue weighted by Crippen LogP contribution is 2.22. The van der Waals surface area contributed by atoms with Crippen molar-refractivity contribution in [2.24, 2.45) is 0 Å². The number of aromatic hydroxyl groups is 1. The number of alkyl halides is 1. The van der Waals surface area contributed by atoms with Gasteiger partial charge in [-0.1, -0.05) is 12.1 Å². The van der Waals surface area contributed by atoms with Gasteiger partial charge in [-0.3, -0.25) is 0 Å². The summed E-state index contributed by atoms with van der Waals surface area (Å²) in [5.41, 5.74) is 1.08. The highest BCUT2D eigenvalue weighted by Gasteiger charge is 2.25. The molecule has 0 heterocycles. The molecule has 2 N–H and O–H groups in total. The van der Waals surface area contributed by atoms with Crippen LogP contribution in [0.5, 0.6) is 5.75 Å². The van der Waals surface area contributed by atoms with Crippen molar-refractivity contribution in [1.82, 2.24) is 5.32 Å². The van der Waals surface area contributed by atoms with Crippen molar-refractivity contribution in [1.29, 1.82) is 0 Å². The standard InChI is InChI=1S/C12H16FNO/c13-11-2-1-3-12(11)14-8-9-4-6-10(15)7-5-9/h4-7,11-12,14-15H,1-3,8H2. The molecule has 2 unspecified atom stereocenters. The third-order valence-corrected chi connectivity index (χ3v) is 2.94. The highest BCUT2D eigenvalue weighted by molar-refractivity contribution is 5.25. The van der Waals surface area contributed by atoms with Gasteiger partial charge in [0.05, 0.1) is 0 Å². The lowest BCUT2D eigenvalue weighted by Gasteiger charge is -2.14. The van der Waals surface area contributed by atoms with E-state index in [1.165, 1.54) is 0 Å². The van der Waals surface area contributed by atoms with Crippen LogP contribution in [0, 0.1) is 0 Å². The molecule has 2 atom stereocenters. The summed E-state index contributed by atoms with van der Waals surface area (Å²) in [5.74, 6) is 0.267. The molecule has 0 amide bonds. The van der Waals surface area contributed by atoms with Crippen LogP contribution >= 0.6 is 0 Å². The fourth-order valence-corrected chi connectivity index (χ4v) is 2.01. The van der Waals surface area contributed by atoms with Gasteiger partial charge in [-0.05, 0) is 37.0 Å². The maximum Gasteiger partial charge on any atom is 0.115 e. The number of benzene rings is 1. The maximum absolute atomic E-state index is 13.3. The molecule has 3 heteroatoms. The highest BCUT2D eigenvalue weighted by atomic mass is 19.1. The van der Waals surface area contributed by atoms with E-state index in [0.717, 1.165) is 18.4 Å². The predicted molar refractivity (Wildman–Crippen MR) is 57.5 cm³/mol. The summed E-state index contributed by atoms with van der Waals surface area (Å²) >= 11 is 0. The Morgan fingerprint density at radius 1 is 1.27 bits per heavy atom. The minimum atomic E-state index is -0.692. The van der Waals surface area contributed by atoms with Crippen molar-refractivity contribution in [3.05, 3.63) is 29.8 Å². The van der Waals surface area contributed by atoms with Gasteiger partial charge in [0, 0.05) is 12.6 Å². The van der Waals surface area contributed by atoms with E-state index in [1.807, 2.05) is 12.1 Å². The average Bonchev–Trinajstić information content (AvgIpc) is 2.63. The molecular weight excluding hydrogens is 193 g/mol. The molecule has 1 aromatic rings. The van der Waals surface area contributed by atoms with Gasteiger partial charge in [-0.2, -0.15) is 0 Å². The number of nitrogens with one attached hydrogen (secondary N) is 1. The molecule has 0 aliphatic heterocycles. The van der Waals surface area contributed by atoms with Gasteiger partial charge < -0.3 is 10.4 Å². The molecule has 0 spiro atoms. The molecule has 82 valence electrons. The Balaban J connectivity index is 1.85. The predicted octanol–water partition coefficient (Wildman–Crippen LogP) is 2.37. The van der Waals surface area contributed by atoms with Crippen LogP contribution in [0.3, 0.4) is 0 Å². The van der Waals surface area contributed by atoms with Crippen LogP contribution in [0.2, 0.25) is 0 Å². The summed E-state index contributed by atoms with van der Waals surface area (Å²) in [5, 5.41) is 12.3. The van der Waals surface area contributed by atoms with Crippen LogP contribution in [-0.4, -0.2) is 17.3 Å². The van der Waals surface area contributed by atoms with E-state index in [0.29, 0.717) is 13.0 Å². The van der Waals surface area contributed by atoms with E-state index in [2.05, 4.69) is 5.32 Å². The molecule has 1 aliphatic rings. The molecule has 1 aromatic carbocycles. The summed E-state index contributed by atoms with van der Waals surface area (Å²) in [6.07, 6.45) is 1.91. The monoisotopic (exact) mass is 209 g/mol. The van der Waals surface area contributed by atoms with Gasteiger partial charge in [0.25, 0.3) is 0 Å². The minimum Gasteiger partial charge on any atom is -0.508 e.